The summed E-state index contributed by atoms with van der Waals surface area (Å²) < 4.78 is 44.7. The molecule has 1 atom stereocenters. The summed E-state index contributed by atoms with van der Waals surface area (Å²) in [5.74, 6) is 0.489. The molecule has 3 heterocycles. The largest absolute Gasteiger partial charge is 0.494 e. The Kier molecular flexibility index (Phi) is 6.46. The number of aryl methyl sites for hydroxylation is 1. The molecule has 3 aromatic rings. The number of halogens is 2. The van der Waals surface area contributed by atoms with E-state index in [1.54, 1.807) is 17.0 Å². The van der Waals surface area contributed by atoms with Crippen molar-refractivity contribution in [1.82, 2.24) is 14.5 Å². The number of rotatable bonds is 6. The fraction of sp³-hybridized carbons (Fsp3) is 0.440. The molecule has 2 aliphatic rings. The van der Waals surface area contributed by atoms with E-state index in [9.17, 15) is 13.6 Å². The zero-order valence-corrected chi connectivity index (χ0v) is 22.9. The standard InChI is InChI=1S/C25H31B4F2N3O4/c1-23(2)24(3,4)38-29(37-23)15-8-9-17-19(13-15)33-11-10-18(20(33)32-17)34(25(26,27)28)21(35)14-6-5-7-16(12-14)36-22(30)31/h5-9,12-13,18,22H,10-11,26-28H2,1-4H3/t18-/m1/s1. The van der Waals surface area contributed by atoms with Gasteiger partial charge in [0.25, 0.3) is 5.91 Å². The van der Waals surface area contributed by atoms with Crippen molar-refractivity contribution in [2.75, 3.05) is 0 Å². The Morgan fingerprint density at radius 3 is 2.47 bits per heavy atom. The molecule has 38 heavy (non-hydrogen) atoms. The lowest BCUT2D eigenvalue weighted by Crippen LogP contribution is -2.55. The molecule has 1 saturated heterocycles. The third-order valence-electron chi connectivity index (χ3n) is 7.81. The molecule has 2 aliphatic heterocycles. The van der Waals surface area contributed by atoms with E-state index in [-0.39, 0.29) is 23.3 Å². The second-order valence-corrected chi connectivity index (χ2v) is 12.0. The Balaban J connectivity index is 1.49. The molecule has 196 valence electrons. The first-order valence-electron chi connectivity index (χ1n) is 12.9. The van der Waals surface area contributed by atoms with Crippen LogP contribution in [0.25, 0.3) is 11.0 Å². The van der Waals surface area contributed by atoms with Crippen LogP contribution in [0, 0.1) is 0 Å². The minimum absolute atomic E-state index is 0.0476. The summed E-state index contributed by atoms with van der Waals surface area (Å²) in [6.07, 6.45) is 0.690. The highest BCUT2D eigenvalue weighted by Gasteiger charge is 2.52. The number of alkyl halides is 2. The lowest BCUT2D eigenvalue weighted by molar-refractivity contribution is -0.0499. The van der Waals surface area contributed by atoms with Crippen LogP contribution in [0.2, 0.25) is 0 Å². The van der Waals surface area contributed by atoms with E-state index in [2.05, 4.69) is 15.4 Å². The van der Waals surface area contributed by atoms with Crippen molar-refractivity contribution >= 4 is 53.1 Å². The molecule has 0 N–H and O–H groups in total. The highest BCUT2D eigenvalue weighted by atomic mass is 19.3. The van der Waals surface area contributed by atoms with Gasteiger partial charge in [-0.2, -0.15) is 8.78 Å². The number of carbonyl (C=O) groups excluding carboxylic acids is 1. The zero-order valence-electron chi connectivity index (χ0n) is 22.9. The molecule has 0 bridgehead atoms. The zero-order chi connectivity index (χ0) is 27.6. The van der Waals surface area contributed by atoms with Crippen LogP contribution < -0.4 is 10.2 Å². The van der Waals surface area contributed by atoms with Gasteiger partial charge in [-0.05, 0) is 75.1 Å². The lowest BCUT2D eigenvalue weighted by atomic mass is 9.48. The van der Waals surface area contributed by atoms with E-state index in [0.29, 0.717) is 13.0 Å². The monoisotopic (exact) mass is 519 g/mol. The van der Waals surface area contributed by atoms with Gasteiger partial charge in [0, 0.05) is 12.1 Å². The number of aromatic nitrogens is 2. The summed E-state index contributed by atoms with van der Waals surface area (Å²) in [6, 6.07) is 11.7. The number of amides is 1. The van der Waals surface area contributed by atoms with Crippen molar-refractivity contribution in [2.24, 2.45) is 0 Å². The maximum atomic E-state index is 13.8. The highest BCUT2D eigenvalue weighted by Crippen LogP contribution is 2.39. The second-order valence-electron chi connectivity index (χ2n) is 12.0. The molecule has 1 fully saturated rings. The molecular weight excluding hydrogens is 488 g/mol. The molecular formula is C25H31B4F2N3O4. The molecule has 0 radical (unpaired) electrons. The van der Waals surface area contributed by atoms with Crippen molar-refractivity contribution in [1.29, 1.82) is 0 Å². The minimum Gasteiger partial charge on any atom is -0.435 e. The number of ether oxygens (including phenoxy) is 1. The summed E-state index contributed by atoms with van der Waals surface area (Å²) in [5, 5.41) is -0.553. The quantitative estimate of drug-likeness (QED) is 0.456. The number of fused-ring (bicyclic) bond motifs is 3. The summed E-state index contributed by atoms with van der Waals surface area (Å²) in [7, 11) is 5.41. The predicted molar refractivity (Wildman–Crippen MR) is 150 cm³/mol. The minimum atomic E-state index is -2.96. The van der Waals surface area contributed by atoms with Crippen molar-refractivity contribution < 1.29 is 27.6 Å². The van der Waals surface area contributed by atoms with Crippen LogP contribution in [0.1, 0.15) is 56.3 Å². The number of carbonyl (C=O) groups is 1. The Bertz CT molecular complexity index is 1380. The van der Waals surface area contributed by atoms with Crippen LogP contribution in [-0.4, -0.2) is 74.1 Å². The van der Waals surface area contributed by atoms with Crippen molar-refractivity contribution in [3.05, 3.63) is 53.9 Å². The van der Waals surface area contributed by atoms with E-state index in [0.717, 1.165) is 22.3 Å². The van der Waals surface area contributed by atoms with Gasteiger partial charge in [-0.3, -0.25) is 4.79 Å². The Hall–Kier alpha value is -2.78. The topological polar surface area (TPSA) is 65.8 Å². The van der Waals surface area contributed by atoms with Gasteiger partial charge in [0.1, 0.15) is 35.1 Å². The first-order valence-corrected chi connectivity index (χ1v) is 12.9. The van der Waals surface area contributed by atoms with Gasteiger partial charge in [-0.25, -0.2) is 4.98 Å². The number of imidazole rings is 1. The average molecular weight is 519 g/mol. The maximum absolute atomic E-state index is 13.8. The smallest absolute Gasteiger partial charge is 0.435 e. The number of benzene rings is 2. The molecule has 2 aromatic carbocycles. The second kappa shape index (κ2) is 9.16. The van der Waals surface area contributed by atoms with E-state index < -0.39 is 30.2 Å². The van der Waals surface area contributed by atoms with Gasteiger partial charge in [0.15, 0.2) is 0 Å². The van der Waals surface area contributed by atoms with E-state index in [1.807, 2.05) is 63.4 Å². The molecule has 0 aliphatic carbocycles. The summed E-state index contributed by atoms with van der Waals surface area (Å²) in [6.45, 7) is 5.84. The van der Waals surface area contributed by atoms with Crippen molar-refractivity contribution in [3.63, 3.8) is 0 Å². The highest BCUT2D eigenvalue weighted by molar-refractivity contribution is 6.62. The maximum Gasteiger partial charge on any atom is 0.494 e. The Morgan fingerprint density at radius 1 is 1.16 bits per heavy atom. The normalized spacial score (nSPS) is 20.2. The Labute approximate surface area is 224 Å². The van der Waals surface area contributed by atoms with Gasteiger partial charge >= 0.3 is 13.7 Å². The van der Waals surface area contributed by atoms with Gasteiger partial charge in [0.05, 0.1) is 28.3 Å². The first-order chi connectivity index (χ1) is 17.7. The molecule has 1 aromatic heterocycles. The van der Waals surface area contributed by atoms with E-state index in [1.165, 1.54) is 12.1 Å². The third-order valence-corrected chi connectivity index (χ3v) is 7.81. The molecule has 5 rings (SSSR count). The SMILES string of the molecule is BC(B)(B)N(C(=O)c1cccc(OC(F)F)c1)[C@@H]1CCn2c1nc1ccc(B3OC(C)(C)C(C)(C)O3)cc12. The molecule has 0 saturated carbocycles. The average Bonchev–Trinajstić information content (AvgIpc) is 3.42. The molecule has 1 amide bonds. The predicted octanol–water partition coefficient (Wildman–Crippen LogP) is 1.03. The number of hydrogen-bond acceptors (Lipinski definition) is 5. The van der Waals surface area contributed by atoms with Crippen LogP contribution in [0.15, 0.2) is 42.5 Å². The van der Waals surface area contributed by atoms with Gasteiger partial charge < -0.3 is 23.5 Å². The van der Waals surface area contributed by atoms with Crippen LogP contribution in [-0.2, 0) is 15.9 Å². The third kappa shape index (κ3) is 4.64. The molecule has 0 spiro atoms. The van der Waals surface area contributed by atoms with Crippen LogP contribution >= 0.6 is 0 Å². The summed E-state index contributed by atoms with van der Waals surface area (Å²) in [4.78, 5) is 20.5. The van der Waals surface area contributed by atoms with E-state index >= 15 is 0 Å². The number of hydrogen-bond donors (Lipinski definition) is 0. The fourth-order valence-electron chi connectivity index (χ4n) is 5.26. The lowest BCUT2D eigenvalue weighted by Gasteiger charge is -2.40. The van der Waals surface area contributed by atoms with Crippen molar-refractivity contribution in [2.45, 2.75) is 69.8 Å². The van der Waals surface area contributed by atoms with Gasteiger partial charge in [-0.15, -0.1) is 0 Å². The first kappa shape index (κ1) is 26.8. The van der Waals surface area contributed by atoms with Crippen LogP contribution in [0.5, 0.6) is 5.75 Å². The van der Waals surface area contributed by atoms with Crippen LogP contribution in [0.3, 0.4) is 0 Å². The fourth-order valence-corrected chi connectivity index (χ4v) is 5.26. The van der Waals surface area contributed by atoms with Gasteiger partial charge in [-0.1, -0.05) is 12.1 Å². The molecule has 13 heteroatoms. The van der Waals surface area contributed by atoms with Crippen LogP contribution in [0.4, 0.5) is 8.78 Å². The number of nitrogens with zero attached hydrogens (tertiary/aromatic N) is 3. The summed E-state index contributed by atoms with van der Waals surface area (Å²) in [5.41, 5.74) is 2.12. The Morgan fingerprint density at radius 2 is 1.84 bits per heavy atom. The van der Waals surface area contributed by atoms with Crippen molar-refractivity contribution in [3.8, 4) is 5.75 Å². The molecule has 0 unspecified atom stereocenters. The summed E-state index contributed by atoms with van der Waals surface area (Å²) >= 11 is 0. The van der Waals surface area contributed by atoms with E-state index in [4.69, 9.17) is 14.3 Å². The molecule has 7 nitrogen and oxygen atoms in total. The van der Waals surface area contributed by atoms with Gasteiger partial charge in [0.2, 0.25) is 0 Å².